The van der Waals surface area contributed by atoms with Gasteiger partial charge in [-0.3, -0.25) is 0 Å². The third-order valence-corrected chi connectivity index (χ3v) is 11.0. The first-order valence-corrected chi connectivity index (χ1v) is 12.9. The maximum Gasteiger partial charge on any atom is 0.404 e. The lowest BCUT2D eigenvalue weighted by Gasteiger charge is -2.64. The van der Waals surface area contributed by atoms with Crippen LogP contribution in [0.25, 0.3) is 0 Å². The van der Waals surface area contributed by atoms with Crippen molar-refractivity contribution in [2.24, 2.45) is 58.0 Å². The van der Waals surface area contributed by atoms with Gasteiger partial charge in [-0.15, -0.1) is 0 Å². The van der Waals surface area contributed by atoms with E-state index < -0.39 is 6.09 Å². The van der Waals surface area contributed by atoms with E-state index in [1.807, 2.05) is 0 Å². The highest BCUT2D eigenvalue weighted by Crippen LogP contribution is 2.69. The Kier molecular flexibility index (Phi) is 6.42. The summed E-state index contributed by atoms with van der Waals surface area (Å²) in [7, 11) is 0. The highest BCUT2D eigenvalue weighted by molar-refractivity contribution is 5.64. The van der Waals surface area contributed by atoms with Gasteiger partial charge in [0.25, 0.3) is 0 Å². The molecule has 5 heteroatoms. The summed E-state index contributed by atoms with van der Waals surface area (Å²) in [5, 5.41) is 22.2. The summed E-state index contributed by atoms with van der Waals surface area (Å²) in [6, 6.07) is 0. The molecule has 4 saturated carbocycles. The second kappa shape index (κ2) is 8.52. The molecule has 0 aromatic heterocycles. The number of hydrogen-bond donors (Lipinski definition) is 3. The molecule has 0 heterocycles. The van der Waals surface area contributed by atoms with Gasteiger partial charge in [-0.25, -0.2) is 4.79 Å². The van der Waals surface area contributed by atoms with E-state index in [0.29, 0.717) is 48.0 Å². The SMILES string of the molecule is CC[C@H]1[C@@H](O)[C@@H]2[C@H](CC[C@]3(C)C([C@H](C)CCOC(N)=O)CC[C@@H]23)[C@@]2(C)CC[C@@H](O)C[C@@H]12. The fourth-order valence-electron chi connectivity index (χ4n) is 9.48. The van der Waals surface area contributed by atoms with Gasteiger partial charge in [0.05, 0.1) is 18.8 Å². The largest absolute Gasteiger partial charge is 0.450 e. The molecule has 4 aliphatic carbocycles. The molecule has 0 spiro atoms. The number of ether oxygens (including phenoxy) is 1. The lowest BCUT2D eigenvalue weighted by atomic mass is 9.41. The van der Waals surface area contributed by atoms with Gasteiger partial charge in [0.15, 0.2) is 0 Å². The van der Waals surface area contributed by atoms with Crippen LogP contribution in [0.15, 0.2) is 0 Å². The smallest absolute Gasteiger partial charge is 0.404 e. The number of aliphatic hydroxyl groups excluding tert-OH is 2. The molecule has 0 aliphatic heterocycles. The van der Waals surface area contributed by atoms with Crippen LogP contribution >= 0.6 is 0 Å². The van der Waals surface area contributed by atoms with Crippen LogP contribution in [-0.4, -0.2) is 35.1 Å². The van der Waals surface area contributed by atoms with E-state index in [-0.39, 0.29) is 23.0 Å². The predicted octanol–water partition coefficient (Wildman–Crippen LogP) is 4.73. The Labute approximate surface area is 188 Å². The van der Waals surface area contributed by atoms with E-state index in [9.17, 15) is 15.0 Å². The van der Waals surface area contributed by atoms with Crippen molar-refractivity contribution in [3.63, 3.8) is 0 Å². The Hall–Kier alpha value is -0.810. The Morgan fingerprint density at radius 3 is 2.42 bits per heavy atom. The van der Waals surface area contributed by atoms with E-state index in [2.05, 4.69) is 27.7 Å². The van der Waals surface area contributed by atoms with Gasteiger partial charge in [0.2, 0.25) is 0 Å². The van der Waals surface area contributed by atoms with Crippen LogP contribution in [0.2, 0.25) is 0 Å². The van der Waals surface area contributed by atoms with Crippen LogP contribution < -0.4 is 5.73 Å². The number of aliphatic hydroxyl groups is 2. The number of nitrogens with two attached hydrogens (primary N) is 1. The minimum absolute atomic E-state index is 0.191. The van der Waals surface area contributed by atoms with Gasteiger partial charge in [0.1, 0.15) is 0 Å². The van der Waals surface area contributed by atoms with Crippen molar-refractivity contribution in [3.8, 4) is 0 Å². The summed E-state index contributed by atoms with van der Waals surface area (Å²) in [4.78, 5) is 11.0. The Morgan fingerprint density at radius 2 is 1.74 bits per heavy atom. The zero-order valence-corrected chi connectivity index (χ0v) is 20.1. The van der Waals surface area contributed by atoms with Gasteiger partial charge in [0, 0.05) is 0 Å². The normalized spacial score (nSPS) is 50.1. The zero-order chi connectivity index (χ0) is 22.6. The summed E-state index contributed by atoms with van der Waals surface area (Å²) in [6.45, 7) is 9.93. The van der Waals surface area contributed by atoms with Gasteiger partial charge < -0.3 is 20.7 Å². The summed E-state index contributed by atoms with van der Waals surface area (Å²) in [5.41, 5.74) is 5.66. The van der Waals surface area contributed by atoms with Crippen molar-refractivity contribution >= 4 is 6.09 Å². The molecule has 1 amide bonds. The molecule has 0 radical (unpaired) electrons. The van der Waals surface area contributed by atoms with Crippen LogP contribution in [0.1, 0.15) is 85.5 Å². The molecular weight excluding hydrogens is 390 g/mol. The molecule has 4 fully saturated rings. The number of carbonyl (C=O) groups excluding carboxylic acids is 1. The van der Waals surface area contributed by atoms with Crippen LogP contribution in [0, 0.1) is 52.3 Å². The molecule has 0 aromatic carbocycles. The third-order valence-electron chi connectivity index (χ3n) is 11.0. The number of amides is 1. The molecule has 11 atom stereocenters. The summed E-state index contributed by atoms with van der Waals surface area (Å²) in [5.74, 6) is 3.40. The van der Waals surface area contributed by atoms with Gasteiger partial charge >= 0.3 is 6.09 Å². The summed E-state index contributed by atoms with van der Waals surface area (Å²) < 4.78 is 5.03. The summed E-state index contributed by atoms with van der Waals surface area (Å²) >= 11 is 0. The standard InChI is InChI=1S/C26H45NO4/c1-5-17-21-14-16(28)8-11-26(21,4)20-9-12-25(3)18(15(2)10-13-31-24(27)30)6-7-19(25)22(20)23(17)29/h15-23,28-29H,5-14H2,1-4H3,(H2,27,30)/t15-,16-,17-,18?,19+,20+,21+,22+,23-,25-,26-/m1/s1. The van der Waals surface area contributed by atoms with Gasteiger partial charge in [-0.05, 0) is 104 Å². The van der Waals surface area contributed by atoms with Crippen LogP contribution in [-0.2, 0) is 4.74 Å². The first-order chi connectivity index (χ1) is 14.6. The summed E-state index contributed by atoms with van der Waals surface area (Å²) in [6.07, 6.45) is 8.52. The molecule has 0 saturated heterocycles. The van der Waals surface area contributed by atoms with Crippen LogP contribution in [0.4, 0.5) is 4.79 Å². The number of fused-ring (bicyclic) bond motifs is 5. The topological polar surface area (TPSA) is 92.8 Å². The first kappa shape index (κ1) is 23.4. The number of rotatable bonds is 5. The van der Waals surface area contributed by atoms with E-state index in [4.69, 9.17) is 10.5 Å². The van der Waals surface area contributed by atoms with Crippen molar-refractivity contribution in [2.45, 2.75) is 97.7 Å². The fraction of sp³-hybridized carbons (Fsp3) is 0.962. The number of carbonyl (C=O) groups is 1. The molecule has 5 nitrogen and oxygen atoms in total. The van der Waals surface area contributed by atoms with E-state index >= 15 is 0 Å². The highest BCUT2D eigenvalue weighted by atomic mass is 16.5. The maximum absolute atomic E-state index is 11.7. The highest BCUT2D eigenvalue weighted by Gasteiger charge is 2.64. The van der Waals surface area contributed by atoms with Crippen LogP contribution in [0.5, 0.6) is 0 Å². The Morgan fingerprint density at radius 1 is 1.06 bits per heavy atom. The van der Waals surface area contributed by atoms with Crippen molar-refractivity contribution < 1.29 is 19.7 Å². The fourth-order valence-corrected chi connectivity index (χ4v) is 9.48. The lowest BCUT2D eigenvalue weighted by Crippen LogP contribution is -2.62. The first-order valence-electron chi connectivity index (χ1n) is 12.9. The molecule has 4 aliphatic rings. The van der Waals surface area contributed by atoms with E-state index in [0.717, 1.165) is 32.1 Å². The van der Waals surface area contributed by atoms with Crippen molar-refractivity contribution in [1.82, 2.24) is 0 Å². The van der Waals surface area contributed by atoms with Gasteiger partial charge in [-0.2, -0.15) is 0 Å². The van der Waals surface area contributed by atoms with Gasteiger partial charge in [-0.1, -0.05) is 34.1 Å². The molecule has 178 valence electrons. The molecular formula is C26H45NO4. The molecule has 4 rings (SSSR count). The Balaban J connectivity index is 1.57. The zero-order valence-electron chi connectivity index (χ0n) is 20.1. The molecule has 31 heavy (non-hydrogen) atoms. The second-order valence-electron chi connectivity index (χ2n) is 12.1. The van der Waals surface area contributed by atoms with Crippen LogP contribution in [0.3, 0.4) is 0 Å². The van der Waals surface area contributed by atoms with Crippen molar-refractivity contribution in [1.29, 1.82) is 0 Å². The number of hydrogen-bond acceptors (Lipinski definition) is 4. The average molecular weight is 436 g/mol. The van der Waals surface area contributed by atoms with E-state index in [1.165, 1.54) is 25.7 Å². The van der Waals surface area contributed by atoms with E-state index in [1.54, 1.807) is 0 Å². The minimum Gasteiger partial charge on any atom is -0.450 e. The Bertz CT molecular complexity index is 670. The molecule has 4 N–H and O–H groups in total. The molecule has 0 bridgehead atoms. The maximum atomic E-state index is 11.7. The third kappa shape index (κ3) is 3.72. The van der Waals surface area contributed by atoms with Crippen molar-refractivity contribution in [2.75, 3.05) is 6.61 Å². The lowest BCUT2D eigenvalue weighted by molar-refractivity contribution is -0.203. The minimum atomic E-state index is -0.681. The second-order valence-corrected chi connectivity index (χ2v) is 12.1. The van der Waals surface area contributed by atoms with Crippen molar-refractivity contribution in [3.05, 3.63) is 0 Å². The molecule has 1 unspecified atom stereocenters. The average Bonchev–Trinajstić information content (AvgIpc) is 3.06. The quantitative estimate of drug-likeness (QED) is 0.582. The number of primary amides is 1. The predicted molar refractivity (Wildman–Crippen MR) is 121 cm³/mol. The monoisotopic (exact) mass is 435 g/mol. The molecule has 0 aromatic rings.